The summed E-state index contributed by atoms with van der Waals surface area (Å²) in [5, 5.41) is 5.14. The minimum Gasteiger partial charge on any atom is -0.497 e. The van der Waals surface area contributed by atoms with Crippen LogP contribution < -0.4 is 14.8 Å². The molecular weight excluding hydrogens is 286 g/mol. The number of methoxy groups -OCH3 is 2. The summed E-state index contributed by atoms with van der Waals surface area (Å²) in [4.78, 5) is 13.7. The Labute approximate surface area is 127 Å². The summed E-state index contributed by atoms with van der Waals surface area (Å²) in [6.45, 7) is 0. The van der Waals surface area contributed by atoms with Gasteiger partial charge in [0.05, 0.1) is 14.2 Å². The summed E-state index contributed by atoms with van der Waals surface area (Å²) < 4.78 is 10.4. The molecule has 3 rings (SSSR count). The predicted octanol–water partition coefficient (Wildman–Crippen LogP) is 3.05. The monoisotopic (exact) mass is 303 g/mol. The van der Waals surface area contributed by atoms with Crippen LogP contribution in [0, 0.1) is 0 Å². The molecule has 21 heavy (non-hydrogen) atoms. The van der Waals surface area contributed by atoms with Crippen molar-refractivity contribution in [1.29, 1.82) is 0 Å². The summed E-state index contributed by atoms with van der Waals surface area (Å²) >= 11 is 1.74. The number of hydrogen-bond acceptors (Lipinski definition) is 4. The van der Waals surface area contributed by atoms with Gasteiger partial charge in [-0.1, -0.05) is 6.07 Å². The Morgan fingerprint density at radius 2 is 1.95 bits per heavy atom. The molecule has 2 atom stereocenters. The number of benzene rings is 1. The minimum atomic E-state index is -0.0868. The number of hydrogen-bond donors (Lipinski definition) is 1. The van der Waals surface area contributed by atoms with Crippen molar-refractivity contribution >= 4 is 17.2 Å². The standard InChI is InChI=1S/C16H17NO3S/c1-19-11-6-10(7-12(8-11)20-2)16(18)17-14-9-13(14)15-4-3-5-21-15/h3-8,13-14H,9H2,1-2H3,(H,17,18). The molecule has 0 bridgehead atoms. The molecule has 1 saturated carbocycles. The van der Waals surface area contributed by atoms with E-state index in [1.165, 1.54) is 4.88 Å². The molecule has 2 unspecified atom stereocenters. The molecule has 1 N–H and O–H groups in total. The maximum absolute atomic E-state index is 12.3. The van der Waals surface area contributed by atoms with Crippen LogP contribution in [-0.4, -0.2) is 26.2 Å². The second kappa shape index (κ2) is 5.77. The average Bonchev–Trinajstić information content (AvgIpc) is 3.06. The van der Waals surface area contributed by atoms with Crippen LogP contribution in [0.3, 0.4) is 0 Å². The fraction of sp³-hybridized carbons (Fsp3) is 0.312. The number of amides is 1. The second-order valence-corrected chi connectivity index (χ2v) is 6.02. The highest BCUT2D eigenvalue weighted by atomic mass is 32.1. The van der Waals surface area contributed by atoms with E-state index in [1.807, 2.05) is 6.07 Å². The van der Waals surface area contributed by atoms with Crippen LogP contribution >= 0.6 is 11.3 Å². The van der Waals surface area contributed by atoms with E-state index >= 15 is 0 Å². The second-order valence-electron chi connectivity index (χ2n) is 5.04. The van der Waals surface area contributed by atoms with E-state index in [2.05, 4.69) is 16.8 Å². The molecule has 1 aliphatic carbocycles. The smallest absolute Gasteiger partial charge is 0.251 e. The third-order valence-electron chi connectivity index (χ3n) is 3.63. The third kappa shape index (κ3) is 3.03. The lowest BCUT2D eigenvalue weighted by Gasteiger charge is -2.09. The molecule has 5 heteroatoms. The van der Waals surface area contributed by atoms with Gasteiger partial charge >= 0.3 is 0 Å². The van der Waals surface area contributed by atoms with Gasteiger partial charge < -0.3 is 14.8 Å². The molecule has 1 fully saturated rings. The lowest BCUT2D eigenvalue weighted by Crippen LogP contribution is -2.26. The van der Waals surface area contributed by atoms with Gasteiger partial charge in [-0.3, -0.25) is 4.79 Å². The molecule has 1 aromatic heterocycles. The normalized spacial score (nSPS) is 19.9. The van der Waals surface area contributed by atoms with Crippen LogP contribution in [0.2, 0.25) is 0 Å². The zero-order chi connectivity index (χ0) is 14.8. The highest BCUT2D eigenvalue weighted by Gasteiger charge is 2.40. The summed E-state index contributed by atoms with van der Waals surface area (Å²) in [6, 6.07) is 9.59. The molecule has 0 radical (unpaired) electrons. The van der Waals surface area contributed by atoms with Gasteiger partial charge in [-0.05, 0) is 30.0 Å². The summed E-state index contributed by atoms with van der Waals surface area (Å²) in [6.07, 6.45) is 1.01. The number of ether oxygens (including phenoxy) is 2. The maximum atomic E-state index is 12.3. The molecule has 110 valence electrons. The van der Waals surface area contributed by atoms with Gasteiger partial charge in [0.1, 0.15) is 11.5 Å². The van der Waals surface area contributed by atoms with Gasteiger partial charge in [0, 0.05) is 28.5 Å². The highest BCUT2D eigenvalue weighted by molar-refractivity contribution is 7.10. The first-order chi connectivity index (χ1) is 10.2. The van der Waals surface area contributed by atoms with Crippen molar-refractivity contribution in [3.63, 3.8) is 0 Å². The van der Waals surface area contributed by atoms with Gasteiger partial charge in [-0.25, -0.2) is 0 Å². The Kier molecular flexibility index (Phi) is 3.84. The van der Waals surface area contributed by atoms with Crippen molar-refractivity contribution in [2.24, 2.45) is 0 Å². The Bertz CT molecular complexity index is 617. The van der Waals surface area contributed by atoms with E-state index in [9.17, 15) is 4.79 Å². The molecule has 0 saturated heterocycles. The number of nitrogens with one attached hydrogen (secondary N) is 1. The number of thiophene rings is 1. The van der Waals surface area contributed by atoms with E-state index in [0.717, 1.165) is 6.42 Å². The van der Waals surface area contributed by atoms with Crippen LogP contribution in [0.1, 0.15) is 27.6 Å². The quantitative estimate of drug-likeness (QED) is 0.923. The molecule has 1 amide bonds. The van der Waals surface area contributed by atoms with Gasteiger partial charge in [0.25, 0.3) is 5.91 Å². The first-order valence-corrected chi connectivity index (χ1v) is 7.66. The zero-order valence-corrected chi connectivity index (χ0v) is 12.8. The van der Waals surface area contributed by atoms with Crippen molar-refractivity contribution in [2.45, 2.75) is 18.4 Å². The zero-order valence-electron chi connectivity index (χ0n) is 12.0. The lowest BCUT2D eigenvalue weighted by molar-refractivity contribution is 0.0949. The molecule has 4 nitrogen and oxygen atoms in total. The van der Waals surface area contributed by atoms with Crippen LogP contribution in [0.15, 0.2) is 35.7 Å². The average molecular weight is 303 g/mol. The predicted molar refractivity (Wildman–Crippen MR) is 82.5 cm³/mol. The van der Waals surface area contributed by atoms with E-state index in [4.69, 9.17) is 9.47 Å². The van der Waals surface area contributed by atoms with Crippen molar-refractivity contribution in [3.05, 3.63) is 46.2 Å². The van der Waals surface area contributed by atoms with Gasteiger partial charge in [0.15, 0.2) is 0 Å². The van der Waals surface area contributed by atoms with Crippen LogP contribution in [0.25, 0.3) is 0 Å². The van der Waals surface area contributed by atoms with Crippen LogP contribution in [-0.2, 0) is 0 Å². The third-order valence-corrected chi connectivity index (χ3v) is 4.63. The van der Waals surface area contributed by atoms with Gasteiger partial charge in [0.2, 0.25) is 0 Å². The Balaban J connectivity index is 1.69. The first-order valence-electron chi connectivity index (χ1n) is 6.78. The summed E-state index contributed by atoms with van der Waals surface area (Å²) in [5.74, 6) is 1.60. The molecule has 2 aromatic rings. The molecule has 1 aromatic carbocycles. The fourth-order valence-electron chi connectivity index (χ4n) is 2.36. The minimum absolute atomic E-state index is 0.0868. The maximum Gasteiger partial charge on any atom is 0.251 e. The van der Waals surface area contributed by atoms with Crippen molar-refractivity contribution in [1.82, 2.24) is 5.32 Å². The Hall–Kier alpha value is -2.01. The van der Waals surface area contributed by atoms with Crippen molar-refractivity contribution in [3.8, 4) is 11.5 Å². The van der Waals surface area contributed by atoms with Gasteiger partial charge in [-0.2, -0.15) is 0 Å². The fourth-order valence-corrected chi connectivity index (χ4v) is 3.27. The Morgan fingerprint density at radius 3 is 2.52 bits per heavy atom. The van der Waals surface area contributed by atoms with E-state index in [1.54, 1.807) is 43.8 Å². The van der Waals surface area contributed by atoms with Crippen molar-refractivity contribution in [2.75, 3.05) is 14.2 Å². The number of carbonyl (C=O) groups excluding carboxylic acids is 1. The molecule has 0 aliphatic heterocycles. The van der Waals surface area contributed by atoms with Crippen molar-refractivity contribution < 1.29 is 14.3 Å². The Morgan fingerprint density at radius 1 is 1.24 bits per heavy atom. The van der Waals surface area contributed by atoms with Crippen LogP contribution in [0.4, 0.5) is 0 Å². The summed E-state index contributed by atoms with van der Waals surface area (Å²) in [5.41, 5.74) is 0.558. The topological polar surface area (TPSA) is 47.6 Å². The molecular formula is C16H17NO3S. The van der Waals surface area contributed by atoms with E-state index in [-0.39, 0.29) is 11.9 Å². The molecule has 0 spiro atoms. The largest absolute Gasteiger partial charge is 0.497 e. The number of carbonyl (C=O) groups is 1. The molecule has 1 aliphatic rings. The number of rotatable bonds is 5. The van der Waals surface area contributed by atoms with E-state index in [0.29, 0.717) is 23.0 Å². The highest BCUT2D eigenvalue weighted by Crippen LogP contribution is 2.43. The van der Waals surface area contributed by atoms with Crippen LogP contribution in [0.5, 0.6) is 11.5 Å². The molecule has 1 heterocycles. The van der Waals surface area contributed by atoms with E-state index < -0.39 is 0 Å². The lowest BCUT2D eigenvalue weighted by atomic mass is 10.2. The summed E-state index contributed by atoms with van der Waals surface area (Å²) in [7, 11) is 3.15. The SMILES string of the molecule is COc1cc(OC)cc(C(=O)NC2CC2c2cccs2)c1. The van der Waals surface area contributed by atoms with Gasteiger partial charge in [-0.15, -0.1) is 11.3 Å². The first kappa shape index (κ1) is 13.9.